The number of carboxylic acids is 2. The van der Waals surface area contributed by atoms with Gasteiger partial charge in [0.2, 0.25) is 11.4 Å². The highest BCUT2D eigenvalue weighted by Crippen LogP contribution is 2.40. The Bertz CT molecular complexity index is 1150. The summed E-state index contributed by atoms with van der Waals surface area (Å²) in [6.45, 7) is 2.65. The average molecular weight is 482 g/mol. The van der Waals surface area contributed by atoms with Crippen molar-refractivity contribution in [1.82, 2.24) is 14.9 Å². The Morgan fingerprint density at radius 1 is 1.41 bits per heavy atom. The van der Waals surface area contributed by atoms with E-state index in [0.717, 1.165) is 16.2 Å². The lowest BCUT2D eigenvalue weighted by Gasteiger charge is -2.49. The Hall–Kier alpha value is -3.79. The van der Waals surface area contributed by atoms with E-state index >= 15 is 0 Å². The molecular weight excluding hydrogens is 468 g/mol. The Morgan fingerprint density at radius 3 is 2.72 bits per heavy atom. The third-order valence-electron chi connectivity index (χ3n) is 4.32. The summed E-state index contributed by atoms with van der Waals surface area (Å²) in [4.78, 5) is 64.1. The van der Waals surface area contributed by atoms with Crippen molar-refractivity contribution in [2.45, 2.75) is 11.4 Å². The fourth-order valence-electron chi connectivity index (χ4n) is 2.92. The summed E-state index contributed by atoms with van der Waals surface area (Å²) in [6, 6.07) is -1.12. The topological polar surface area (TPSA) is 204 Å². The quantitative estimate of drug-likeness (QED) is 0.152. The number of nitrogens with one attached hydrogen (secondary N) is 2. The van der Waals surface area contributed by atoms with Crippen LogP contribution in [0.15, 0.2) is 39.7 Å². The molecule has 3 rings (SSSR count). The fourth-order valence-corrected chi connectivity index (χ4v) is 4.93. The largest absolute Gasteiger partial charge is 0.479 e. The van der Waals surface area contributed by atoms with Crippen LogP contribution in [-0.2, 0) is 24.0 Å². The monoisotopic (exact) mass is 482 g/mol. The molecule has 168 valence electrons. The van der Waals surface area contributed by atoms with Gasteiger partial charge in [0, 0.05) is 11.1 Å². The molecule has 2 amide bonds. The number of hydrogen-bond donors (Lipinski definition) is 4. The van der Waals surface area contributed by atoms with Crippen molar-refractivity contribution in [2.75, 3.05) is 12.4 Å². The number of fused-ring (bicyclic) bond motifs is 1. The SMILES string of the molecule is C=CC1=C(C(=O)O)N2C(=O)[C@@H](NC(=O)/C(=N\OCC(=O)O)c3csc(=N)n3N=O)[C@H]2SC1. The van der Waals surface area contributed by atoms with Gasteiger partial charge < -0.3 is 20.4 Å². The molecule has 32 heavy (non-hydrogen) atoms. The van der Waals surface area contributed by atoms with E-state index in [2.05, 4.69) is 27.2 Å². The summed E-state index contributed by atoms with van der Waals surface area (Å²) < 4.78 is 0.541. The number of amides is 2. The van der Waals surface area contributed by atoms with E-state index in [1.165, 1.54) is 23.2 Å². The normalized spacial score (nSPS) is 20.2. The van der Waals surface area contributed by atoms with Gasteiger partial charge in [-0.05, 0) is 5.57 Å². The molecule has 2 aliphatic heterocycles. The van der Waals surface area contributed by atoms with Crippen molar-refractivity contribution in [3.63, 3.8) is 0 Å². The van der Waals surface area contributed by atoms with E-state index < -0.39 is 47.5 Å². The number of aliphatic carboxylic acids is 2. The minimum Gasteiger partial charge on any atom is -0.479 e. The molecule has 0 bridgehead atoms. The zero-order chi connectivity index (χ0) is 23.6. The van der Waals surface area contributed by atoms with E-state index in [-0.39, 0.29) is 21.9 Å². The number of allylic oxidation sites excluding steroid dienone is 1. The number of aromatic nitrogens is 1. The molecule has 1 fully saturated rings. The van der Waals surface area contributed by atoms with Crippen LogP contribution in [0.1, 0.15) is 5.69 Å². The van der Waals surface area contributed by atoms with E-state index in [1.54, 1.807) is 0 Å². The van der Waals surface area contributed by atoms with Crippen LogP contribution in [0.4, 0.5) is 0 Å². The van der Waals surface area contributed by atoms with Gasteiger partial charge in [0.25, 0.3) is 11.8 Å². The smallest absolute Gasteiger partial charge is 0.352 e. The number of nitroso groups, excluding NO2 is 1. The van der Waals surface area contributed by atoms with Gasteiger partial charge in [-0.3, -0.25) is 19.9 Å². The maximum Gasteiger partial charge on any atom is 0.352 e. The number of carbonyl (C=O) groups is 4. The molecule has 0 saturated carbocycles. The molecule has 4 N–H and O–H groups in total. The molecule has 1 saturated heterocycles. The highest BCUT2D eigenvalue weighted by Gasteiger charge is 2.54. The zero-order valence-electron chi connectivity index (χ0n) is 15.9. The molecule has 16 heteroatoms. The van der Waals surface area contributed by atoms with E-state index in [0.29, 0.717) is 10.2 Å². The third kappa shape index (κ3) is 4.04. The lowest BCUT2D eigenvalue weighted by atomic mass is 10.0. The second-order valence-corrected chi connectivity index (χ2v) is 8.13. The first-order valence-corrected chi connectivity index (χ1v) is 10.5. The molecule has 0 unspecified atom stereocenters. The number of nitrogens with zero attached hydrogens (tertiary/aromatic N) is 4. The standard InChI is InChI=1S/C16H14N6O8S2/c1-2-6-4-31-14-10(13(26)21(14)11(6)15(27)28)18-12(25)9(19-30-3-8(23)24)7-5-32-16(17)22(7)20-29/h2,5,10,14,17H,1,3-4H2,(H,18,25)(H,23,24)(H,27,28)/b17-16?,19-9-/t10-,14-/m1/s1. The highest BCUT2D eigenvalue weighted by molar-refractivity contribution is 8.00. The second kappa shape index (κ2) is 9.15. The van der Waals surface area contributed by atoms with Crippen molar-refractivity contribution in [3.8, 4) is 0 Å². The van der Waals surface area contributed by atoms with Gasteiger partial charge in [-0.1, -0.05) is 17.8 Å². The molecule has 1 aromatic heterocycles. The van der Waals surface area contributed by atoms with Crippen LogP contribution < -0.4 is 10.1 Å². The number of carboxylic acid groups (broad SMARTS) is 2. The second-order valence-electron chi connectivity index (χ2n) is 6.17. The summed E-state index contributed by atoms with van der Waals surface area (Å²) >= 11 is 1.96. The molecule has 1 aromatic rings. The molecule has 0 spiro atoms. The number of thiazole rings is 1. The number of hydrogen-bond acceptors (Lipinski definition) is 11. The Labute approximate surface area is 186 Å². The minimum atomic E-state index is -1.38. The maximum atomic E-state index is 12.8. The van der Waals surface area contributed by atoms with Crippen LogP contribution in [0.25, 0.3) is 0 Å². The molecule has 14 nitrogen and oxygen atoms in total. The lowest BCUT2D eigenvalue weighted by Crippen LogP contribution is -2.71. The number of oxime groups is 1. The fraction of sp³-hybridized carbons (Fsp3) is 0.250. The Morgan fingerprint density at radius 2 is 2.12 bits per heavy atom. The van der Waals surface area contributed by atoms with E-state index in [9.17, 15) is 29.2 Å². The molecule has 0 aliphatic carbocycles. The van der Waals surface area contributed by atoms with Gasteiger partial charge in [0.05, 0.1) is 5.29 Å². The number of carbonyl (C=O) groups excluding carboxylic acids is 2. The van der Waals surface area contributed by atoms with Crippen molar-refractivity contribution in [1.29, 1.82) is 5.41 Å². The summed E-state index contributed by atoms with van der Waals surface area (Å²) in [5.41, 5.74) is -0.704. The third-order valence-corrected chi connectivity index (χ3v) is 6.36. The number of β-lactam (4-membered cyclic amide) rings is 1. The average Bonchev–Trinajstić information content (AvgIpc) is 3.13. The Balaban J connectivity index is 1.87. The van der Waals surface area contributed by atoms with Gasteiger partial charge in [0.1, 0.15) is 22.8 Å². The summed E-state index contributed by atoms with van der Waals surface area (Å²) in [5, 5.41) is 34.7. The summed E-state index contributed by atoms with van der Waals surface area (Å²) in [6.07, 6.45) is 1.34. The molecule has 2 aliphatic rings. The number of rotatable bonds is 9. The van der Waals surface area contributed by atoms with Gasteiger partial charge in [-0.25, -0.2) is 9.59 Å². The van der Waals surface area contributed by atoms with Gasteiger partial charge >= 0.3 is 11.9 Å². The molecule has 0 radical (unpaired) electrons. The first-order valence-electron chi connectivity index (χ1n) is 8.56. The molecule has 2 atom stereocenters. The van der Waals surface area contributed by atoms with Crippen LogP contribution in [0.2, 0.25) is 0 Å². The van der Waals surface area contributed by atoms with Crippen LogP contribution in [-0.4, -0.2) is 73.0 Å². The first-order chi connectivity index (χ1) is 15.2. The first kappa shape index (κ1) is 22.9. The zero-order valence-corrected chi connectivity index (χ0v) is 17.5. The van der Waals surface area contributed by atoms with Gasteiger partial charge in [-0.2, -0.15) is 4.68 Å². The summed E-state index contributed by atoms with van der Waals surface area (Å²) in [5.74, 6) is -4.15. The van der Waals surface area contributed by atoms with Crippen LogP contribution >= 0.6 is 23.1 Å². The van der Waals surface area contributed by atoms with Crippen molar-refractivity contribution in [3.05, 3.63) is 44.7 Å². The van der Waals surface area contributed by atoms with Gasteiger partial charge in [-0.15, -0.1) is 28.0 Å². The minimum absolute atomic E-state index is 0.224. The highest BCUT2D eigenvalue weighted by atomic mass is 32.2. The van der Waals surface area contributed by atoms with Crippen molar-refractivity contribution >= 4 is 52.6 Å². The predicted molar refractivity (Wildman–Crippen MR) is 109 cm³/mol. The van der Waals surface area contributed by atoms with E-state index in [4.69, 9.17) is 10.5 Å². The molecule has 0 aromatic carbocycles. The van der Waals surface area contributed by atoms with Crippen molar-refractivity contribution in [2.24, 2.45) is 10.4 Å². The lowest BCUT2D eigenvalue weighted by molar-refractivity contribution is -0.150. The van der Waals surface area contributed by atoms with Crippen LogP contribution in [0, 0.1) is 10.3 Å². The van der Waals surface area contributed by atoms with Crippen LogP contribution in [0.3, 0.4) is 0 Å². The van der Waals surface area contributed by atoms with Gasteiger partial charge in [0.15, 0.2) is 5.71 Å². The number of thioether (sulfide) groups is 1. The molecular formula is C16H14N6O8S2. The predicted octanol–water partition coefficient (Wildman–Crippen LogP) is -0.712. The Kier molecular flexibility index (Phi) is 6.54. The van der Waals surface area contributed by atoms with Crippen LogP contribution in [0.5, 0.6) is 0 Å². The maximum absolute atomic E-state index is 12.8. The molecule has 3 heterocycles. The van der Waals surface area contributed by atoms with E-state index in [1.807, 2.05) is 0 Å². The van der Waals surface area contributed by atoms with Crippen molar-refractivity contribution < 1.29 is 34.2 Å². The summed E-state index contributed by atoms with van der Waals surface area (Å²) in [7, 11) is 0.